The standard InChI is InChI=1S/C19H21ClN4O3/c1-3-23-8-9-24(19(23)26)17-7-5-14(12-21-17)22-18(25)10-13-4-6-15(27-2)11-16(13)20/h4-7,11-12H,3,8-10H2,1-2H3,(H,22,25). The number of anilines is 2. The lowest BCUT2D eigenvalue weighted by atomic mass is 10.1. The van der Waals surface area contributed by atoms with Gasteiger partial charge in [-0.1, -0.05) is 17.7 Å². The molecule has 1 N–H and O–H groups in total. The van der Waals surface area contributed by atoms with Crippen molar-refractivity contribution < 1.29 is 14.3 Å². The van der Waals surface area contributed by atoms with Gasteiger partial charge in [0.25, 0.3) is 0 Å². The van der Waals surface area contributed by atoms with Crippen LogP contribution in [0.15, 0.2) is 36.5 Å². The number of aromatic nitrogens is 1. The maximum Gasteiger partial charge on any atom is 0.325 e. The van der Waals surface area contributed by atoms with Gasteiger partial charge in [-0.05, 0) is 36.8 Å². The summed E-state index contributed by atoms with van der Waals surface area (Å²) in [6, 6.07) is 8.62. The van der Waals surface area contributed by atoms with Gasteiger partial charge in [-0.25, -0.2) is 9.78 Å². The monoisotopic (exact) mass is 388 g/mol. The third-order valence-corrected chi connectivity index (χ3v) is 4.75. The zero-order valence-electron chi connectivity index (χ0n) is 15.2. The van der Waals surface area contributed by atoms with Crippen molar-refractivity contribution in [2.45, 2.75) is 13.3 Å². The number of methoxy groups -OCH3 is 1. The summed E-state index contributed by atoms with van der Waals surface area (Å²) in [4.78, 5) is 32.2. The van der Waals surface area contributed by atoms with Gasteiger partial charge in [-0.3, -0.25) is 9.69 Å². The summed E-state index contributed by atoms with van der Waals surface area (Å²) < 4.78 is 5.10. The second kappa shape index (κ2) is 8.26. The van der Waals surface area contributed by atoms with Gasteiger partial charge >= 0.3 is 6.03 Å². The Labute approximate surface area is 162 Å². The minimum absolute atomic E-state index is 0.0454. The van der Waals surface area contributed by atoms with Gasteiger partial charge in [-0.15, -0.1) is 0 Å². The fraction of sp³-hybridized carbons (Fsp3) is 0.316. The van der Waals surface area contributed by atoms with E-state index in [1.165, 1.54) is 0 Å². The Hall–Kier alpha value is -2.80. The van der Waals surface area contributed by atoms with Crippen molar-refractivity contribution >= 4 is 35.0 Å². The zero-order chi connectivity index (χ0) is 19.4. The number of carbonyl (C=O) groups is 2. The van der Waals surface area contributed by atoms with Crippen LogP contribution in [0.3, 0.4) is 0 Å². The van der Waals surface area contributed by atoms with E-state index < -0.39 is 0 Å². The maximum atomic E-state index is 12.3. The van der Waals surface area contributed by atoms with Crippen LogP contribution in [0.2, 0.25) is 5.02 Å². The molecular formula is C19H21ClN4O3. The van der Waals surface area contributed by atoms with Gasteiger partial charge in [0.1, 0.15) is 11.6 Å². The molecule has 0 atom stereocenters. The number of nitrogens with zero attached hydrogens (tertiary/aromatic N) is 3. The molecule has 3 rings (SSSR count). The van der Waals surface area contributed by atoms with E-state index in [4.69, 9.17) is 16.3 Å². The van der Waals surface area contributed by atoms with Crippen molar-refractivity contribution in [1.82, 2.24) is 9.88 Å². The van der Waals surface area contributed by atoms with Gasteiger partial charge in [0.15, 0.2) is 0 Å². The van der Waals surface area contributed by atoms with Crippen molar-refractivity contribution in [3.63, 3.8) is 0 Å². The van der Waals surface area contributed by atoms with Crippen molar-refractivity contribution in [2.24, 2.45) is 0 Å². The molecule has 0 unspecified atom stereocenters. The smallest absolute Gasteiger partial charge is 0.325 e. The van der Waals surface area contributed by atoms with E-state index in [0.29, 0.717) is 47.5 Å². The molecule has 1 fully saturated rings. The first-order chi connectivity index (χ1) is 13.0. The van der Waals surface area contributed by atoms with E-state index >= 15 is 0 Å². The van der Waals surface area contributed by atoms with E-state index in [1.54, 1.807) is 53.4 Å². The molecule has 27 heavy (non-hydrogen) atoms. The first-order valence-corrected chi connectivity index (χ1v) is 9.04. The molecule has 0 radical (unpaired) electrons. The minimum Gasteiger partial charge on any atom is -0.497 e. The van der Waals surface area contributed by atoms with Crippen LogP contribution in [-0.4, -0.2) is 48.6 Å². The SMILES string of the molecule is CCN1CCN(c2ccc(NC(=O)Cc3ccc(OC)cc3Cl)cn2)C1=O. The highest BCUT2D eigenvalue weighted by Crippen LogP contribution is 2.23. The van der Waals surface area contributed by atoms with Gasteiger partial charge in [0, 0.05) is 24.7 Å². The molecule has 0 spiro atoms. The summed E-state index contributed by atoms with van der Waals surface area (Å²) in [5, 5.41) is 3.27. The largest absolute Gasteiger partial charge is 0.497 e. The van der Waals surface area contributed by atoms with Crippen LogP contribution in [0.5, 0.6) is 5.75 Å². The van der Waals surface area contributed by atoms with Crippen molar-refractivity contribution in [1.29, 1.82) is 0 Å². The van der Waals surface area contributed by atoms with Gasteiger partial charge in [0.2, 0.25) is 5.91 Å². The summed E-state index contributed by atoms with van der Waals surface area (Å²) >= 11 is 6.17. The van der Waals surface area contributed by atoms with Crippen LogP contribution in [0.25, 0.3) is 0 Å². The number of ether oxygens (including phenoxy) is 1. The summed E-state index contributed by atoms with van der Waals surface area (Å²) in [7, 11) is 1.56. The van der Waals surface area contributed by atoms with E-state index in [9.17, 15) is 9.59 Å². The Morgan fingerprint density at radius 3 is 2.70 bits per heavy atom. The number of rotatable bonds is 6. The fourth-order valence-electron chi connectivity index (χ4n) is 2.88. The molecule has 2 heterocycles. The van der Waals surface area contributed by atoms with Crippen molar-refractivity contribution in [3.05, 3.63) is 47.1 Å². The van der Waals surface area contributed by atoms with E-state index in [2.05, 4.69) is 10.3 Å². The lowest BCUT2D eigenvalue weighted by Gasteiger charge is -2.16. The van der Waals surface area contributed by atoms with Crippen molar-refractivity contribution in [2.75, 3.05) is 37.0 Å². The van der Waals surface area contributed by atoms with Crippen molar-refractivity contribution in [3.8, 4) is 5.75 Å². The number of amides is 3. The average molecular weight is 389 g/mol. The van der Waals surface area contributed by atoms with Crippen LogP contribution < -0.4 is 15.0 Å². The Morgan fingerprint density at radius 1 is 1.30 bits per heavy atom. The number of likely N-dealkylation sites (N-methyl/N-ethyl adjacent to an activating group) is 1. The second-order valence-electron chi connectivity index (χ2n) is 6.10. The summed E-state index contributed by atoms with van der Waals surface area (Å²) in [6.07, 6.45) is 1.69. The summed E-state index contributed by atoms with van der Waals surface area (Å²) in [5.41, 5.74) is 1.27. The highest BCUT2D eigenvalue weighted by Gasteiger charge is 2.28. The number of halogens is 1. The number of benzene rings is 1. The van der Waals surface area contributed by atoms with Gasteiger partial charge < -0.3 is 15.0 Å². The van der Waals surface area contributed by atoms with E-state index in [0.717, 1.165) is 0 Å². The number of carbonyl (C=O) groups excluding carboxylic acids is 2. The number of urea groups is 1. The third kappa shape index (κ3) is 4.31. The van der Waals surface area contributed by atoms with Crippen LogP contribution in [0, 0.1) is 0 Å². The van der Waals surface area contributed by atoms with Crippen LogP contribution in [-0.2, 0) is 11.2 Å². The minimum atomic E-state index is -0.203. The number of nitrogens with one attached hydrogen (secondary N) is 1. The lowest BCUT2D eigenvalue weighted by molar-refractivity contribution is -0.115. The van der Waals surface area contributed by atoms with Gasteiger partial charge in [0.05, 0.1) is 25.4 Å². The Balaban J connectivity index is 1.61. The first kappa shape index (κ1) is 19.0. The van der Waals surface area contributed by atoms with E-state index in [1.807, 2.05) is 6.92 Å². The lowest BCUT2D eigenvalue weighted by Crippen LogP contribution is -2.32. The van der Waals surface area contributed by atoms with Gasteiger partial charge in [-0.2, -0.15) is 0 Å². The number of hydrogen-bond donors (Lipinski definition) is 1. The van der Waals surface area contributed by atoms with Crippen LogP contribution in [0.1, 0.15) is 12.5 Å². The molecule has 1 aliphatic heterocycles. The quantitative estimate of drug-likeness (QED) is 0.824. The normalized spacial score (nSPS) is 13.8. The Bertz CT molecular complexity index is 841. The van der Waals surface area contributed by atoms with Crippen LogP contribution >= 0.6 is 11.6 Å². The average Bonchev–Trinajstić information content (AvgIpc) is 3.04. The highest BCUT2D eigenvalue weighted by atomic mass is 35.5. The van der Waals surface area contributed by atoms with Crippen LogP contribution in [0.4, 0.5) is 16.3 Å². The second-order valence-corrected chi connectivity index (χ2v) is 6.51. The topological polar surface area (TPSA) is 74.8 Å². The first-order valence-electron chi connectivity index (χ1n) is 8.66. The maximum absolute atomic E-state index is 12.3. The highest BCUT2D eigenvalue weighted by molar-refractivity contribution is 6.31. The fourth-order valence-corrected chi connectivity index (χ4v) is 3.12. The predicted molar refractivity (Wildman–Crippen MR) is 105 cm³/mol. The predicted octanol–water partition coefficient (Wildman–Crippen LogP) is 3.19. The molecule has 142 valence electrons. The summed E-state index contributed by atoms with van der Waals surface area (Å²) in [5.74, 6) is 1.01. The third-order valence-electron chi connectivity index (χ3n) is 4.40. The molecule has 0 aliphatic carbocycles. The summed E-state index contributed by atoms with van der Waals surface area (Å²) in [6.45, 7) is 3.93. The molecule has 7 nitrogen and oxygen atoms in total. The molecule has 0 bridgehead atoms. The number of hydrogen-bond acceptors (Lipinski definition) is 4. The molecule has 1 aromatic carbocycles. The molecule has 0 saturated carbocycles. The molecule has 8 heteroatoms. The molecule has 1 aromatic heterocycles. The molecule has 1 aliphatic rings. The van der Waals surface area contributed by atoms with E-state index in [-0.39, 0.29) is 18.4 Å². The molecule has 3 amide bonds. The molecular weight excluding hydrogens is 368 g/mol. The molecule has 1 saturated heterocycles. The molecule has 2 aromatic rings. The number of pyridine rings is 1. The Kier molecular flexibility index (Phi) is 5.81. The Morgan fingerprint density at radius 2 is 2.11 bits per heavy atom. The zero-order valence-corrected chi connectivity index (χ0v) is 16.0.